The van der Waals surface area contributed by atoms with Crippen molar-refractivity contribution in [1.29, 1.82) is 0 Å². The molecule has 4 atom stereocenters. The number of nitrogens with zero attached hydrogens (tertiary/aromatic N) is 2. The van der Waals surface area contributed by atoms with Gasteiger partial charge in [0.25, 0.3) is 0 Å². The predicted octanol–water partition coefficient (Wildman–Crippen LogP) is 2.67. The number of hydrogen-bond acceptors (Lipinski definition) is 3. The fraction of sp³-hybridized carbons (Fsp3) is 0.667. The molecule has 0 spiro atoms. The summed E-state index contributed by atoms with van der Waals surface area (Å²) in [5.74, 6) is 1.65. The summed E-state index contributed by atoms with van der Waals surface area (Å²) in [6, 6.07) is 9.19. The first-order chi connectivity index (χ1) is 12.2. The molecule has 1 amide bonds. The second kappa shape index (κ2) is 7.08. The molecule has 25 heavy (non-hydrogen) atoms. The molecule has 1 aliphatic carbocycles. The molecule has 3 aliphatic rings. The van der Waals surface area contributed by atoms with Crippen LogP contribution >= 0.6 is 0 Å². The molecule has 3 fully saturated rings. The molecule has 0 radical (unpaired) electrons. The minimum absolute atomic E-state index is 0.211. The Morgan fingerprint density at radius 3 is 2.76 bits per heavy atom. The molecule has 0 unspecified atom stereocenters. The molecule has 1 aromatic carbocycles. The van der Waals surface area contributed by atoms with Crippen molar-refractivity contribution in [3.05, 3.63) is 35.4 Å². The smallest absolute Gasteiger partial charge is 0.226 e. The van der Waals surface area contributed by atoms with E-state index in [0.29, 0.717) is 23.8 Å². The van der Waals surface area contributed by atoms with E-state index >= 15 is 0 Å². The summed E-state index contributed by atoms with van der Waals surface area (Å²) in [5.41, 5.74) is 2.63. The summed E-state index contributed by atoms with van der Waals surface area (Å²) >= 11 is 0. The Kier molecular flexibility index (Phi) is 4.83. The van der Waals surface area contributed by atoms with E-state index in [9.17, 15) is 4.79 Å². The number of benzene rings is 1. The molecular weight excluding hydrogens is 312 g/mol. The zero-order valence-electron chi connectivity index (χ0n) is 15.5. The Hall–Kier alpha value is -1.39. The van der Waals surface area contributed by atoms with Crippen molar-refractivity contribution in [2.45, 2.75) is 38.6 Å². The van der Waals surface area contributed by atoms with Crippen LogP contribution in [0, 0.1) is 18.8 Å². The number of likely N-dealkylation sites (tertiary alicyclic amines) is 1. The molecule has 1 saturated carbocycles. The molecule has 0 bridgehead atoms. The first kappa shape index (κ1) is 17.0. The van der Waals surface area contributed by atoms with E-state index < -0.39 is 0 Å². The summed E-state index contributed by atoms with van der Waals surface area (Å²) in [6.45, 7) is 9.93. The predicted molar refractivity (Wildman–Crippen MR) is 98.6 cm³/mol. The molecule has 0 aromatic heterocycles. The van der Waals surface area contributed by atoms with Crippen molar-refractivity contribution in [3.63, 3.8) is 0 Å². The van der Waals surface area contributed by atoms with Crippen LogP contribution < -0.4 is 0 Å². The number of ether oxygens (including phenoxy) is 1. The summed E-state index contributed by atoms with van der Waals surface area (Å²) < 4.78 is 5.50. The average Bonchev–Trinajstić information content (AvgIpc) is 3.33. The van der Waals surface area contributed by atoms with Gasteiger partial charge < -0.3 is 9.64 Å². The molecule has 136 valence electrons. The van der Waals surface area contributed by atoms with Gasteiger partial charge in [-0.05, 0) is 30.7 Å². The molecule has 0 N–H and O–H groups in total. The first-order valence-corrected chi connectivity index (χ1v) is 9.84. The van der Waals surface area contributed by atoms with Gasteiger partial charge in [-0.3, -0.25) is 9.69 Å². The number of amides is 1. The summed E-state index contributed by atoms with van der Waals surface area (Å²) in [5, 5.41) is 0. The van der Waals surface area contributed by atoms with Crippen LogP contribution in [0.3, 0.4) is 0 Å². The van der Waals surface area contributed by atoms with Crippen molar-refractivity contribution in [2.75, 3.05) is 39.4 Å². The second-order valence-electron chi connectivity index (χ2n) is 7.99. The largest absolute Gasteiger partial charge is 0.379 e. The number of carbonyl (C=O) groups excluding carboxylic acids is 1. The van der Waals surface area contributed by atoms with Crippen LogP contribution in [0.5, 0.6) is 0 Å². The van der Waals surface area contributed by atoms with Crippen LogP contribution in [0.4, 0.5) is 0 Å². The molecule has 2 aliphatic heterocycles. The van der Waals surface area contributed by atoms with E-state index in [0.717, 1.165) is 52.2 Å². The third kappa shape index (κ3) is 3.47. The van der Waals surface area contributed by atoms with Gasteiger partial charge in [0, 0.05) is 38.1 Å². The van der Waals surface area contributed by atoms with Gasteiger partial charge >= 0.3 is 0 Å². The fourth-order valence-electron chi connectivity index (χ4n) is 4.73. The molecule has 4 rings (SSSR count). The standard InChI is InChI=1S/C21H30N2O2/c1-3-16-13-23(14-20(16)22-7-9-25-10-8-22)21(24)19-12-18(19)17-6-4-5-15(2)11-17/h4-6,11,16,18-20H,3,7-10,12-14H2,1-2H3/t16-,18+,19-,20+/m1/s1. The lowest BCUT2D eigenvalue weighted by atomic mass is 9.99. The minimum Gasteiger partial charge on any atom is -0.379 e. The van der Waals surface area contributed by atoms with Crippen LogP contribution in [0.15, 0.2) is 24.3 Å². The van der Waals surface area contributed by atoms with Gasteiger partial charge in [-0.2, -0.15) is 0 Å². The van der Waals surface area contributed by atoms with Crippen LogP contribution in [0.1, 0.15) is 36.8 Å². The van der Waals surface area contributed by atoms with Crippen LogP contribution in [-0.4, -0.2) is 61.1 Å². The average molecular weight is 342 g/mol. The summed E-state index contributed by atoms with van der Waals surface area (Å²) in [6.07, 6.45) is 2.18. The highest BCUT2D eigenvalue weighted by atomic mass is 16.5. The van der Waals surface area contributed by atoms with Crippen LogP contribution in [-0.2, 0) is 9.53 Å². The van der Waals surface area contributed by atoms with E-state index in [-0.39, 0.29) is 5.92 Å². The maximum absolute atomic E-state index is 13.0. The minimum atomic E-state index is 0.211. The normalized spacial score (nSPS) is 32.8. The van der Waals surface area contributed by atoms with Gasteiger partial charge in [0.05, 0.1) is 13.2 Å². The summed E-state index contributed by atoms with van der Waals surface area (Å²) in [4.78, 5) is 17.8. The molecular formula is C21H30N2O2. The van der Waals surface area contributed by atoms with E-state index in [4.69, 9.17) is 4.74 Å². The highest BCUT2D eigenvalue weighted by Crippen LogP contribution is 2.49. The van der Waals surface area contributed by atoms with E-state index in [1.165, 1.54) is 11.1 Å². The van der Waals surface area contributed by atoms with Crippen molar-refractivity contribution in [2.24, 2.45) is 11.8 Å². The van der Waals surface area contributed by atoms with Crippen LogP contribution in [0.2, 0.25) is 0 Å². The SMILES string of the molecule is CC[C@@H]1CN(C(=O)[C@@H]2C[C@H]2c2cccc(C)c2)C[C@@H]1N1CCOCC1. The Balaban J connectivity index is 1.40. The lowest BCUT2D eigenvalue weighted by Crippen LogP contribution is -2.47. The molecule has 4 heteroatoms. The Bertz CT molecular complexity index is 626. The third-order valence-corrected chi connectivity index (χ3v) is 6.34. The summed E-state index contributed by atoms with van der Waals surface area (Å²) in [7, 11) is 0. The van der Waals surface area contributed by atoms with Crippen molar-refractivity contribution in [1.82, 2.24) is 9.80 Å². The number of rotatable bonds is 4. The van der Waals surface area contributed by atoms with Gasteiger partial charge in [-0.15, -0.1) is 0 Å². The Morgan fingerprint density at radius 1 is 1.24 bits per heavy atom. The van der Waals surface area contributed by atoms with Crippen molar-refractivity contribution >= 4 is 5.91 Å². The monoisotopic (exact) mass is 342 g/mol. The number of aryl methyl sites for hydroxylation is 1. The highest BCUT2D eigenvalue weighted by molar-refractivity contribution is 5.83. The van der Waals surface area contributed by atoms with Gasteiger partial charge in [-0.1, -0.05) is 43.2 Å². The molecule has 4 nitrogen and oxygen atoms in total. The van der Waals surface area contributed by atoms with Crippen LogP contribution in [0.25, 0.3) is 0 Å². The second-order valence-corrected chi connectivity index (χ2v) is 7.99. The molecule has 1 aromatic rings. The zero-order chi connectivity index (χ0) is 17.4. The van der Waals surface area contributed by atoms with Gasteiger partial charge in [0.15, 0.2) is 0 Å². The Labute approximate surface area is 151 Å². The van der Waals surface area contributed by atoms with Gasteiger partial charge in [-0.25, -0.2) is 0 Å². The maximum atomic E-state index is 13.0. The van der Waals surface area contributed by atoms with Gasteiger partial charge in [0.2, 0.25) is 5.91 Å². The Morgan fingerprint density at radius 2 is 2.04 bits per heavy atom. The van der Waals surface area contributed by atoms with E-state index in [2.05, 4.69) is 47.9 Å². The van der Waals surface area contributed by atoms with E-state index in [1.807, 2.05) is 0 Å². The topological polar surface area (TPSA) is 32.8 Å². The quantitative estimate of drug-likeness (QED) is 0.843. The number of carbonyl (C=O) groups is 1. The lowest BCUT2D eigenvalue weighted by Gasteiger charge is -2.34. The van der Waals surface area contributed by atoms with E-state index in [1.54, 1.807) is 0 Å². The third-order valence-electron chi connectivity index (χ3n) is 6.34. The number of hydrogen-bond donors (Lipinski definition) is 0. The maximum Gasteiger partial charge on any atom is 0.226 e. The lowest BCUT2D eigenvalue weighted by molar-refractivity contribution is -0.132. The molecule has 2 saturated heterocycles. The molecule has 2 heterocycles. The zero-order valence-corrected chi connectivity index (χ0v) is 15.5. The van der Waals surface area contributed by atoms with Crippen molar-refractivity contribution < 1.29 is 9.53 Å². The van der Waals surface area contributed by atoms with Crippen molar-refractivity contribution in [3.8, 4) is 0 Å². The highest BCUT2D eigenvalue weighted by Gasteiger charge is 2.48. The van der Waals surface area contributed by atoms with Gasteiger partial charge in [0.1, 0.15) is 0 Å². The number of morpholine rings is 1. The first-order valence-electron chi connectivity index (χ1n) is 9.84. The fourth-order valence-corrected chi connectivity index (χ4v) is 4.73.